The number of carbonyl (C=O) groups is 4. The third kappa shape index (κ3) is 11.8. The molecule has 0 saturated heterocycles. The molecule has 1 aromatic carbocycles. The van der Waals surface area contributed by atoms with Gasteiger partial charge < -0.3 is 25.0 Å². The Hall–Kier alpha value is -2.94. The number of aliphatic carboxylic acids is 1. The summed E-state index contributed by atoms with van der Waals surface area (Å²) in [6.07, 6.45) is 16.4. The van der Waals surface area contributed by atoms with E-state index in [0.717, 1.165) is 107 Å². The molecule has 0 spiro atoms. The van der Waals surface area contributed by atoms with Gasteiger partial charge in [0.15, 0.2) is 6.61 Å². The van der Waals surface area contributed by atoms with E-state index in [1.807, 2.05) is 19.1 Å². The Labute approximate surface area is 299 Å². The number of carbonyl (C=O) groups excluding carboxylic acids is 3. The summed E-state index contributed by atoms with van der Waals surface area (Å²) in [5, 5.41) is 23.1. The number of Topliss-reactive ketones (excluding diaryl/α,β-unsaturated/α-hetero) is 1. The van der Waals surface area contributed by atoms with Crippen LogP contribution in [0.5, 0.6) is 5.75 Å². The van der Waals surface area contributed by atoms with Crippen LogP contribution in [-0.2, 0) is 36.8 Å². The fourth-order valence-electron chi connectivity index (χ4n) is 8.81. The first kappa shape index (κ1) is 39.8. The molecule has 3 aliphatic carbocycles. The van der Waals surface area contributed by atoms with E-state index >= 15 is 0 Å². The molecule has 0 aromatic heterocycles. The zero-order valence-electron chi connectivity index (χ0n) is 30.7. The van der Waals surface area contributed by atoms with Crippen LogP contribution in [0.15, 0.2) is 18.2 Å². The van der Waals surface area contributed by atoms with Crippen LogP contribution in [0.3, 0.4) is 0 Å². The Balaban J connectivity index is 1.37. The standard InChI is InChI=1S/C41H63NO8/c1-3-5-9-17-31(44)21-22-32-35-24-28-15-14-20-37(49-27-39(45)46)36(28)25-29(35)26-38(32)50-41(48)34-19-12-11-18-33(34)40(47)42-23-13-8-6-7-10-16-30(43)4-2/h14-15,20,29,31-35,38,44H,3-13,16-19,21-27H2,1-2H3,(H,42,47)(H,45,46)/t29-,31-,32+,33?,34?,35-,38+/m0/s1. The zero-order valence-corrected chi connectivity index (χ0v) is 30.7. The maximum Gasteiger partial charge on any atom is 0.341 e. The van der Waals surface area contributed by atoms with Gasteiger partial charge in [-0.25, -0.2) is 4.79 Å². The van der Waals surface area contributed by atoms with Crippen LogP contribution in [0, 0.1) is 29.6 Å². The number of ether oxygens (including phenoxy) is 2. The van der Waals surface area contributed by atoms with Crippen LogP contribution < -0.4 is 10.1 Å². The van der Waals surface area contributed by atoms with Crippen molar-refractivity contribution < 1.29 is 38.9 Å². The van der Waals surface area contributed by atoms with Gasteiger partial charge in [0, 0.05) is 19.4 Å². The molecule has 0 heterocycles. The van der Waals surface area contributed by atoms with Crippen LogP contribution in [-0.4, -0.2) is 59.2 Å². The second-order valence-electron chi connectivity index (χ2n) is 15.2. The van der Waals surface area contributed by atoms with E-state index in [2.05, 4.69) is 18.3 Å². The number of aliphatic hydroxyl groups is 1. The van der Waals surface area contributed by atoms with Crippen molar-refractivity contribution in [3.8, 4) is 5.75 Å². The zero-order chi connectivity index (χ0) is 35.9. The Morgan fingerprint density at radius 2 is 1.68 bits per heavy atom. The van der Waals surface area contributed by atoms with E-state index in [1.54, 1.807) is 0 Å². The number of unbranched alkanes of at least 4 members (excludes halogenated alkanes) is 6. The van der Waals surface area contributed by atoms with Gasteiger partial charge in [0.05, 0.1) is 17.9 Å². The van der Waals surface area contributed by atoms with Crippen LogP contribution in [0.1, 0.15) is 141 Å². The Kier molecular flexibility index (Phi) is 16.6. The molecule has 2 unspecified atom stereocenters. The molecule has 9 nitrogen and oxygen atoms in total. The molecule has 2 saturated carbocycles. The molecular formula is C41H63NO8. The molecule has 9 heteroatoms. The molecule has 1 amide bonds. The molecule has 1 aromatic rings. The number of amides is 1. The van der Waals surface area contributed by atoms with Gasteiger partial charge in [-0.15, -0.1) is 0 Å². The van der Waals surface area contributed by atoms with Gasteiger partial charge >= 0.3 is 11.9 Å². The SMILES string of the molecule is CCCCC[C@H](O)CC[C@@H]1[C@H]2Cc3cccc(OCC(=O)O)c3C[C@H]2C[C@H]1OC(=O)C1CCCCC1C(=O)NCCCCCCCC(=O)CC. The minimum Gasteiger partial charge on any atom is -0.482 e. The van der Waals surface area contributed by atoms with Gasteiger partial charge in [0.1, 0.15) is 17.6 Å². The number of fused-ring (bicyclic) bond motifs is 2. The fraction of sp³-hybridized carbons (Fsp3) is 0.756. The normalized spacial score (nSPS) is 24.9. The summed E-state index contributed by atoms with van der Waals surface area (Å²) < 4.78 is 12.1. The molecule has 3 aliphatic rings. The topological polar surface area (TPSA) is 139 Å². The number of carboxylic acids is 1. The average molecular weight is 698 g/mol. The van der Waals surface area contributed by atoms with Gasteiger partial charge in [0.25, 0.3) is 0 Å². The second kappa shape index (κ2) is 20.8. The van der Waals surface area contributed by atoms with Crippen molar-refractivity contribution in [2.24, 2.45) is 29.6 Å². The van der Waals surface area contributed by atoms with Gasteiger partial charge in [-0.1, -0.05) is 77.3 Å². The number of aliphatic hydroxyl groups excluding tert-OH is 1. The monoisotopic (exact) mass is 697 g/mol. The summed E-state index contributed by atoms with van der Waals surface area (Å²) in [4.78, 5) is 50.0. The summed E-state index contributed by atoms with van der Waals surface area (Å²) in [7, 11) is 0. The first-order valence-electron chi connectivity index (χ1n) is 19.8. The summed E-state index contributed by atoms with van der Waals surface area (Å²) >= 11 is 0. The number of hydrogen-bond acceptors (Lipinski definition) is 7. The molecule has 2 fully saturated rings. The van der Waals surface area contributed by atoms with Gasteiger partial charge in [-0.05, 0) is 99.2 Å². The maximum atomic E-state index is 13.9. The largest absolute Gasteiger partial charge is 0.482 e. The second-order valence-corrected chi connectivity index (χ2v) is 15.2. The van der Waals surface area contributed by atoms with Crippen molar-refractivity contribution >= 4 is 23.6 Å². The van der Waals surface area contributed by atoms with E-state index < -0.39 is 11.9 Å². The van der Waals surface area contributed by atoms with Gasteiger partial charge in [-0.2, -0.15) is 0 Å². The smallest absolute Gasteiger partial charge is 0.341 e. The van der Waals surface area contributed by atoms with E-state index in [0.29, 0.717) is 50.2 Å². The average Bonchev–Trinajstić information content (AvgIpc) is 3.44. The quantitative estimate of drug-likeness (QED) is 0.0843. The lowest BCUT2D eigenvalue weighted by molar-refractivity contribution is -0.162. The van der Waals surface area contributed by atoms with Crippen molar-refractivity contribution in [2.75, 3.05) is 13.2 Å². The van der Waals surface area contributed by atoms with Crippen LogP contribution in [0.25, 0.3) is 0 Å². The Bertz CT molecular complexity index is 1250. The maximum absolute atomic E-state index is 13.9. The van der Waals surface area contributed by atoms with E-state index in [1.165, 1.54) is 0 Å². The predicted molar refractivity (Wildman–Crippen MR) is 193 cm³/mol. The lowest BCUT2D eigenvalue weighted by Gasteiger charge is -2.33. The highest BCUT2D eigenvalue weighted by Gasteiger charge is 2.48. The van der Waals surface area contributed by atoms with Gasteiger partial charge in [-0.3, -0.25) is 14.4 Å². The lowest BCUT2D eigenvalue weighted by atomic mass is 9.73. The summed E-state index contributed by atoms with van der Waals surface area (Å²) in [5.74, 6) is -0.547. The van der Waals surface area contributed by atoms with E-state index in [9.17, 15) is 29.4 Å². The number of carboxylic acid groups (broad SMARTS) is 1. The number of esters is 1. The number of hydrogen-bond donors (Lipinski definition) is 3. The molecule has 7 atom stereocenters. The van der Waals surface area contributed by atoms with Crippen molar-refractivity contribution in [1.82, 2.24) is 5.32 Å². The van der Waals surface area contributed by atoms with Crippen LogP contribution in [0.2, 0.25) is 0 Å². The van der Waals surface area contributed by atoms with E-state index in [4.69, 9.17) is 9.47 Å². The molecule has 4 rings (SSSR count). The Morgan fingerprint density at radius 1 is 0.920 bits per heavy atom. The predicted octanol–water partition coefficient (Wildman–Crippen LogP) is 7.38. The third-order valence-corrected chi connectivity index (χ3v) is 11.6. The molecule has 0 radical (unpaired) electrons. The van der Waals surface area contributed by atoms with Crippen molar-refractivity contribution in [3.05, 3.63) is 29.3 Å². The highest BCUT2D eigenvalue weighted by atomic mass is 16.5. The third-order valence-electron chi connectivity index (χ3n) is 11.6. The van der Waals surface area contributed by atoms with Crippen LogP contribution in [0.4, 0.5) is 0 Å². The molecule has 0 aliphatic heterocycles. The molecule has 3 N–H and O–H groups in total. The number of benzene rings is 1. The van der Waals surface area contributed by atoms with Crippen molar-refractivity contribution in [2.45, 2.75) is 154 Å². The van der Waals surface area contributed by atoms with E-state index in [-0.39, 0.29) is 54.4 Å². The first-order valence-corrected chi connectivity index (χ1v) is 19.8. The molecule has 0 bridgehead atoms. The first-order chi connectivity index (χ1) is 24.2. The molecular weight excluding hydrogens is 634 g/mol. The fourth-order valence-corrected chi connectivity index (χ4v) is 8.81. The highest BCUT2D eigenvalue weighted by molar-refractivity contribution is 5.85. The van der Waals surface area contributed by atoms with Crippen molar-refractivity contribution in [1.29, 1.82) is 0 Å². The van der Waals surface area contributed by atoms with Crippen molar-refractivity contribution in [3.63, 3.8) is 0 Å². The highest BCUT2D eigenvalue weighted by Crippen LogP contribution is 2.50. The summed E-state index contributed by atoms with van der Waals surface area (Å²) in [5.41, 5.74) is 2.21. The number of rotatable bonds is 22. The van der Waals surface area contributed by atoms with Gasteiger partial charge in [0.2, 0.25) is 5.91 Å². The lowest BCUT2D eigenvalue weighted by Crippen LogP contribution is -2.42. The minimum absolute atomic E-state index is 0.0450. The number of ketones is 1. The summed E-state index contributed by atoms with van der Waals surface area (Å²) in [6, 6.07) is 5.85. The molecule has 50 heavy (non-hydrogen) atoms. The molecule has 280 valence electrons. The Morgan fingerprint density at radius 3 is 2.44 bits per heavy atom. The van der Waals surface area contributed by atoms with Crippen LogP contribution >= 0.6 is 0 Å². The number of nitrogens with one attached hydrogen (secondary N) is 1. The minimum atomic E-state index is -1.01. The summed E-state index contributed by atoms with van der Waals surface area (Å²) in [6.45, 7) is 4.27.